The smallest absolute Gasteiger partial charge is 0.333 e. The molecule has 0 bridgehead atoms. The highest BCUT2D eigenvalue weighted by molar-refractivity contribution is 7.14. The molecule has 1 aromatic heterocycles. The summed E-state index contributed by atoms with van der Waals surface area (Å²) in [6.07, 6.45) is 5.02. The van der Waals surface area contributed by atoms with Gasteiger partial charge in [0, 0.05) is 11.4 Å². The number of amides is 3. The van der Waals surface area contributed by atoms with E-state index in [1.165, 1.54) is 33.8 Å². The molecule has 1 aliphatic carbocycles. The quantitative estimate of drug-likeness (QED) is 0.556. The Bertz CT molecular complexity index is 758. The van der Waals surface area contributed by atoms with E-state index >= 15 is 0 Å². The van der Waals surface area contributed by atoms with Crippen molar-refractivity contribution in [3.63, 3.8) is 0 Å². The standard InChI is InChI=1S/C20H25N3O2S/c1-14-9-10-17-16(12-14)13-18(26-17)19(24)22-23-20(25)21-11-5-8-15-6-3-2-4-7-15/h2-4,6-7,13-14H,5,8-12H2,1H3,(H,22,24)(H2,21,23,25). The lowest BCUT2D eigenvalue weighted by atomic mass is 9.90. The van der Waals surface area contributed by atoms with Crippen LogP contribution in [0.15, 0.2) is 36.4 Å². The van der Waals surface area contributed by atoms with Gasteiger partial charge in [0.2, 0.25) is 0 Å². The average Bonchev–Trinajstić information content (AvgIpc) is 3.07. The van der Waals surface area contributed by atoms with Gasteiger partial charge in [0.15, 0.2) is 0 Å². The van der Waals surface area contributed by atoms with Crippen LogP contribution in [0.5, 0.6) is 0 Å². The van der Waals surface area contributed by atoms with Crippen LogP contribution in [0.1, 0.15) is 45.4 Å². The molecule has 0 aliphatic heterocycles. The van der Waals surface area contributed by atoms with Crippen molar-refractivity contribution >= 4 is 23.3 Å². The van der Waals surface area contributed by atoms with Gasteiger partial charge in [0.05, 0.1) is 4.88 Å². The number of aryl methyl sites for hydroxylation is 2. The number of nitrogens with one attached hydrogen (secondary N) is 3. The number of hydrogen-bond donors (Lipinski definition) is 3. The van der Waals surface area contributed by atoms with Crippen molar-refractivity contribution in [1.82, 2.24) is 16.2 Å². The van der Waals surface area contributed by atoms with Crippen LogP contribution in [0.2, 0.25) is 0 Å². The summed E-state index contributed by atoms with van der Waals surface area (Å²) in [7, 11) is 0. The van der Waals surface area contributed by atoms with Gasteiger partial charge in [0.1, 0.15) is 0 Å². The molecule has 0 radical (unpaired) electrons. The fourth-order valence-corrected chi connectivity index (χ4v) is 4.28. The maximum atomic E-state index is 12.2. The van der Waals surface area contributed by atoms with Crippen molar-refractivity contribution in [2.75, 3.05) is 6.54 Å². The molecule has 3 amide bonds. The number of hydrazine groups is 1. The lowest BCUT2D eigenvalue weighted by molar-refractivity contribution is 0.0940. The fraction of sp³-hybridized carbons (Fsp3) is 0.400. The monoisotopic (exact) mass is 371 g/mol. The molecule has 6 heteroatoms. The lowest BCUT2D eigenvalue weighted by Crippen LogP contribution is -2.47. The molecule has 1 heterocycles. The van der Waals surface area contributed by atoms with E-state index < -0.39 is 0 Å². The molecule has 26 heavy (non-hydrogen) atoms. The Hall–Kier alpha value is -2.34. The van der Waals surface area contributed by atoms with E-state index in [1.54, 1.807) is 0 Å². The first-order valence-corrected chi connectivity index (χ1v) is 9.93. The molecule has 1 aliphatic rings. The lowest BCUT2D eigenvalue weighted by Gasteiger charge is -2.16. The minimum absolute atomic E-state index is 0.253. The maximum Gasteiger partial charge on any atom is 0.333 e. The van der Waals surface area contributed by atoms with Crippen LogP contribution in [-0.2, 0) is 19.3 Å². The Labute approximate surface area is 158 Å². The van der Waals surface area contributed by atoms with E-state index in [4.69, 9.17) is 0 Å². The summed E-state index contributed by atoms with van der Waals surface area (Å²) in [6.45, 7) is 2.80. The molecule has 1 atom stereocenters. The van der Waals surface area contributed by atoms with Gasteiger partial charge in [-0.05, 0) is 55.2 Å². The van der Waals surface area contributed by atoms with Gasteiger partial charge in [-0.2, -0.15) is 0 Å². The van der Waals surface area contributed by atoms with Gasteiger partial charge in [0.25, 0.3) is 5.91 Å². The number of hydrogen-bond acceptors (Lipinski definition) is 3. The predicted molar refractivity (Wildman–Crippen MR) is 104 cm³/mol. The Balaban J connectivity index is 1.37. The minimum atomic E-state index is -0.388. The summed E-state index contributed by atoms with van der Waals surface area (Å²) in [5, 5.41) is 2.75. The van der Waals surface area contributed by atoms with Crippen molar-refractivity contribution in [3.05, 3.63) is 57.3 Å². The second-order valence-electron chi connectivity index (χ2n) is 6.83. The first-order valence-electron chi connectivity index (χ1n) is 9.11. The SMILES string of the molecule is CC1CCc2sc(C(=O)NNC(=O)NCCCc3ccccc3)cc2C1. The van der Waals surface area contributed by atoms with E-state index in [1.807, 2.05) is 24.3 Å². The van der Waals surface area contributed by atoms with Crippen LogP contribution < -0.4 is 16.2 Å². The highest BCUT2D eigenvalue weighted by atomic mass is 32.1. The third-order valence-electron chi connectivity index (χ3n) is 4.61. The number of thiophene rings is 1. The second kappa shape index (κ2) is 8.85. The number of rotatable bonds is 5. The molecular formula is C20H25N3O2S. The van der Waals surface area contributed by atoms with Gasteiger partial charge in [-0.15, -0.1) is 11.3 Å². The molecule has 1 aromatic carbocycles. The summed E-state index contributed by atoms with van der Waals surface area (Å²) in [4.78, 5) is 26.0. The van der Waals surface area contributed by atoms with Gasteiger partial charge >= 0.3 is 6.03 Å². The van der Waals surface area contributed by atoms with Crippen LogP contribution in [0.4, 0.5) is 4.79 Å². The van der Waals surface area contributed by atoms with Crippen molar-refractivity contribution in [2.24, 2.45) is 5.92 Å². The molecule has 3 N–H and O–H groups in total. The first-order chi connectivity index (χ1) is 12.6. The summed E-state index contributed by atoms with van der Waals surface area (Å²) < 4.78 is 0. The van der Waals surface area contributed by atoms with Crippen molar-refractivity contribution < 1.29 is 9.59 Å². The Morgan fingerprint density at radius 3 is 2.81 bits per heavy atom. The number of carbonyl (C=O) groups is 2. The van der Waals surface area contributed by atoms with Gasteiger partial charge in [-0.1, -0.05) is 37.3 Å². The maximum absolute atomic E-state index is 12.2. The summed E-state index contributed by atoms with van der Waals surface area (Å²) >= 11 is 1.53. The van der Waals surface area contributed by atoms with Crippen molar-refractivity contribution in [2.45, 2.75) is 39.0 Å². The number of carbonyl (C=O) groups excluding carboxylic acids is 2. The average molecular weight is 372 g/mol. The molecule has 138 valence electrons. The largest absolute Gasteiger partial charge is 0.337 e. The third-order valence-corrected chi connectivity index (χ3v) is 5.85. The highest BCUT2D eigenvalue weighted by Crippen LogP contribution is 2.32. The van der Waals surface area contributed by atoms with Gasteiger partial charge in [-0.25, -0.2) is 10.2 Å². The Morgan fingerprint density at radius 1 is 1.19 bits per heavy atom. The van der Waals surface area contributed by atoms with Crippen molar-refractivity contribution in [1.29, 1.82) is 0 Å². The third kappa shape index (κ3) is 5.08. The van der Waals surface area contributed by atoms with Gasteiger partial charge in [-0.3, -0.25) is 10.2 Å². The van der Waals surface area contributed by atoms with E-state index in [-0.39, 0.29) is 11.9 Å². The number of benzene rings is 1. The van der Waals surface area contributed by atoms with Crippen LogP contribution in [-0.4, -0.2) is 18.5 Å². The molecule has 0 spiro atoms. The zero-order valence-corrected chi connectivity index (χ0v) is 15.8. The first kappa shape index (κ1) is 18.5. The molecule has 1 unspecified atom stereocenters. The topological polar surface area (TPSA) is 70.2 Å². The van der Waals surface area contributed by atoms with E-state index in [0.717, 1.165) is 25.7 Å². The zero-order chi connectivity index (χ0) is 18.4. The van der Waals surface area contributed by atoms with E-state index in [9.17, 15) is 9.59 Å². The molecule has 0 saturated carbocycles. The van der Waals surface area contributed by atoms with Crippen molar-refractivity contribution in [3.8, 4) is 0 Å². The minimum Gasteiger partial charge on any atom is -0.337 e. The molecule has 2 aromatic rings. The molecule has 0 fully saturated rings. The van der Waals surface area contributed by atoms with Crippen LogP contribution in [0, 0.1) is 5.92 Å². The van der Waals surface area contributed by atoms with Crippen LogP contribution >= 0.6 is 11.3 Å². The number of urea groups is 1. The molecule has 3 rings (SSSR count). The van der Waals surface area contributed by atoms with E-state index in [2.05, 4.69) is 35.2 Å². The second-order valence-corrected chi connectivity index (χ2v) is 7.97. The predicted octanol–water partition coefficient (Wildman–Crippen LogP) is 3.45. The molecule has 5 nitrogen and oxygen atoms in total. The summed E-state index contributed by atoms with van der Waals surface area (Å²) in [5.74, 6) is 0.421. The van der Waals surface area contributed by atoms with Gasteiger partial charge < -0.3 is 5.32 Å². The Kier molecular flexibility index (Phi) is 6.28. The molecular weight excluding hydrogens is 346 g/mol. The zero-order valence-electron chi connectivity index (χ0n) is 15.0. The highest BCUT2D eigenvalue weighted by Gasteiger charge is 2.20. The van der Waals surface area contributed by atoms with Crippen LogP contribution in [0.25, 0.3) is 0 Å². The van der Waals surface area contributed by atoms with Crippen LogP contribution in [0.3, 0.4) is 0 Å². The molecule has 0 saturated heterocycles. The number of fused-ring (bicyclic) bond motifs is 1. The summed E-state index contributed by atoms with van der Waals surface area (Å²) in [5.41, 5.74) is 7.44. The summed E-state index contributed by atoms with van der Waals surface area (Å²) in [6, 6.07) is 11.7. The Morgan fingerprint density at radius 2 is 2.00 bits per heavy atom. The normalized spacial score (nSPS) is 15.8. The van der Waals surface area contributed by atoms with E-state index in [0.29, 0.717) is 17.3 Å². The fourth-order valence-electron chi connectivity index (χ4n) is 3.18.